The molecule has 0 aliphatic heterocycles. The van der Waals surface area contributed by atoms with Crippen molar-refractivity contribution in [2.24, 2.45) is 5.73 Å². The average molecular weight is 292 g/mol. The van der Waals surface area contributed by atoms with Gasteiger partial charge >= 0.3 is 0 Å². The molecule has 2 aromatic rings. The second-order valence-electron chi connectivity index (χ2n) is 5.19. The first kappa shape index (κ1) is 15.4. The fraction of sp³-hybridized carbons (Fsp3) is 0.312. The van der Waals surface area contributed by atoms with E-state index in [1.54, 1.807) is 19.2 Å². The van der Waals surface area contributed by atoms with Crippen LogP contribution < -0.4 is 10.5 Å². The van der Waals surface area contributed by atoms with E-state index in [-0.39, 0.29) is 11.7 Å². The van der Waals surface area contributed by atoms with Crippen molar-refractivity contribution in [1.29, 1.82) is 0 Å². The van der Waals surface area contributed by atoms with Crippen LogP contribution in [0, 0.1) is 18.6 Å². The lowest BCUT2D eigenvalue weighted by molar-refractivity contribution is 0.241. The van der Waals surface area contributed by atoms with Gasteiger partial charge < -0.3 is 10.5 Å². The van der Waals surface area contributed by atoms with Crippen molar-refractivity contribution in [2.75, 3.05) is 0 Å². The molecular weight excluding hydrogens is 274 g/mol. The Balaban J connectivity index is 2.41. The molecule has 0 fully saturated rings. The van der Waals surface area contributed by atoms with Crippen LogP contribution in [0.5, 0.6) is 5.75 Å². The summed E-state index contributed by atoms with van der Waals surface area (Å²) in [5.74, 6) is -0.773. The summed E-state index contributed by atoms with van der Waals surface area (Å²) in [7, 11) is 0. The molecule has 0 saturated heterocycles. The quantitative estimate of drug-likeness (QED) is 0.938. The van der Waals surface area contributed by atoms with Gasteiger partial charge in [-0.1, -0.05) is 6.07 Å². The lowest BCUT2D eigenvalue weighted by Gasteiger charge is -2.17. The van der Waals surface area contributed by atoms with Crippen LogP contribution in [0.1, 0.15) is 36.6 Å². The first-order valence-electron chi connectivity index (χ1n) is 6.71. The maximum Gasteiger partial charge on any atom is 0.138 e. The van der Waals surface area contributed by atoms with Gasteiger partial charge in [0.1, 0.15) is 17.4 Å². The number of aryl methyl sites for hydroxylation is 1. The van der Waals surface area contributed by atoms with E-state index in [1.807, 2.05) is 13.8 Å². The van der Waals surface area contributed by atoms with Gasteiger partial charge in [-0.25, -0.2) is 8.78 Å². The Kier molecular flexibility index (Phi) is 4.53. The summed E-state index contributed by atoms with van der Waals surface area (Å²) in [6, 6.07) is 3.32. The van der Waals surface area contributed by atoms with Crippen LogP contribution in [0.2, 0.25) is 0 Å². The second-order valence-corrected chi connectivity index (χ2v) is 5.19. The molecule has 2 N–H and O–H groups in total. The molecule has 1 unspecified atom stereocenters. The molecule has 0 aliphatic carbocycles. The highest BCUT2D eigenvalue weighted by Crippen LogP contribution is 2.28. The highest BCUT2D eigenvalue weighted by Gasteiger charge is 2.20. The number of halogens is 2. The largest absolute Gasteiger partial charge is 0.489 e. The molecule has 1 aromatic heterocycles. The third-order valence-corrected chi connectivity index (χ3v) is 3.10. The van der Waals surface area contributed by atoms with Crippen molar-refractivity contribution in [1.82, 2.24) is 4.98 Å². The van der Waals surface area contributed by atoms with Gasteiger partial charge in [-0.2, -0.15) is 0 Å². The van der Waals surface area contributed by atoms with Crippen LogP contribution in [0.3, 0.4) is 0 Å². The summed E-state index contributed by atoms with van der Waals surface area (Å²) in [6.45, 7) is 5.33. The fourth-order valence-corrected chi connectivity index (χ4v) is 2.07. The van der Waals surface area contributed by atoms with Gasteiger partial charge in [-0.05, 0) is 44.0 Å². The summed E-state index contributed by atoms with van der Waals surface area (Å²) in [5, 5.41) is 0. The summed E-state index contributed by atoms with van der Waals surface area (Å²) in [4.78, 5) is 4.02. The zero-order chi connectivity index (χ0) is 15.6. The average Bonchev–Trinajstić information content (AvgIpc) is 2.43. The van der Waals surface area contributed by atoms with Gasteiger partial charge in [0.25, 0.3) is 0 Å². The molecule has 21 heavy (non-hydrogen) atoms. The minimum Gasteiger partial charge on any atom is -0.489 e. The highest BCUT2D eigenvalue weighted by atomic mass is 19.1. The molecule has 5 heteroatoms. The topological polar surface area (TPSA) is 48.1 Å². The minimum absolute atomic E-state index is 0.0225. The Morgan fingerprint density at radius 3 is 2.57 bits per heavy atom. The zero-order valence-corrected chi connectivity index (χ0v) is 12.2. The molecule has 112 valence electrons. The number of benzene rings is 1. The molecule has 1 heterocycles. The number of nitrogens with two attached hydrogens (primary N) is 1. The molecule has 0 radical (unpaired) electrons. The van der Waals surface area contributed by atoms with Crippen LogP contribution >= 0.6 is 0 Å². The van der Waals surface area contributed by atoms with Gasteiger partial charge in [0.15, 0.2) is 0 Å². The Labute approximate surface area is 122 Å². The predicted octanol–water partition coefficient (Wildman–Crippen LogP) is 3.50. The number of pyridine rings is 1. The zero-order valence-electron chi connectivity index (χ0n) is 12.2. The smallest absolute Gasteiger partial charge is 0.138 e. The van der Waals surface area contributed by atoms with Gasteiger partial charge in [-0.3, -0.25) is 4.98 Å². The third-order valence-electron chi connectivity index (χ3n) is 3.10. The summed E-state index contributed by atoms with van der Waals surface area (Å²) < 4.78 is 33.6. The van der Waals surface area contributed by atoms with E-state index in [9.17, 15) is 8.78 Å². The van der Waals surface area contributed by atoms with Crippen LogP contribution in [-0.2, 0) is 0 Å². The minimum atomic E-state index is -0.937. The molecule has 0 amide bonds. The Morgan fingerprint density at radius 2 is 1.90 bits per heavy atom. The highest BCUT2D eigenvalue weighted by molar-refractivity contribution is 5.37. The second kappa shape index (κ2) is 6.18. The predicted molar refractivity (Wildman–Crippen MR) is 77.1 cm³/mol. The molecule has 3 nitrogen and oxygen atoms in total. The van der Waals surface area contributed by atoms with Crippen molar-refractivity contribution in [2.45, 2.75) is 32.9 Å². The first-order valence-corrected chi connectivity index (χ1v) is 6.71. The Bertz CT molecular complexity index is 644. The monoisotopic (exact) mass is 292 g/mol. The fourth-order valence-electron chi connectivity index (χ4n) is 2.07. The van der Waals surface area contributed by atoms with Gasteiger partial charge in [0, 0.05) is 11.8 Å². The number of rotatable bonds is 4. The molecular formula is C16H18F2N2O. The van der Waals surface area contributed by atoms with Crippen LogP contribution in [0.25, 0.3) is 0 Å². The van der Waals surface area contributed by atoms with Crippen LogP contribution in [0.15, 0.2) is 30.6 Å². The normalized spacial score (nSPS) is 12.5. The van der Waals surface area contributed by atoms with Crippen LogP contribution in [-0.4, -0.2) is 11.1 Å². The molecule has 0 aliphatic rings. The lowest BCUT2D eigenvalue weighted by Crippen LogP contribution is -2.17. The van der Waals surface area contributed by atoms with E-state index in [0.29, 0.717) is 16.9 Å². The molecule has 0 saturated carbocycles. The standard InChI is InChI=1S/C16H18F2N2O/c1-9(2)21-12-6-11(7-20-8-12)16(19)14-13(17)5-4-10(3)15(14)18/h4-9,16H,19H2,1-3H3. The van der Waals surface area contributed by atoms with E-state index >= 15 is 0 Å². The summed E-state index contributed by atoms with van der Waals surface area (Å²) in [6.07, 6.45) is 3.00. The third kappa shape index (κ3) is 3.36. The molecule has 1 atom stereocenters. The van der Waals surface area contributed by atoms with E-state index in [1.165, 1.54) is 18.3 Å². The van der Waals surface area contributed by atoms with E-state index in [0.717, 1.165) is 0 Å². The number of hydrogen-bond acceptors (Lipinski definition) is 3. The van der Waals surface area contributed by atoms with Crippen molar-refractivity contribution in [3.8, 4) is 5.75 Å². The Morgan fingerprint density at radius 1 is 1.19 bits per heavy atom. The van der Waals surface area contributed by atoms with Crippen molar-refractivity contribution < 1.29 is 13.5 Å². The Hall–Kier alpha value is -2.01. The SMILES string of the molecule is Cc1ccc(F)c(C(N)c2cncc(OC(C)C)c2)c1F. The first-order chi connectivity index (χ1) is 9.90. The maximum absolute atomic E-state index is 14.1. The molecule has 0 spiro atoms. The molecule has 1 aromatic carbocycles. The van der Waals surface area contributed by atoms with Crippen LogP contribution in [0.4, 0.5) is 8.78 Å². The number of hydrogen-bond donors (Lipinski definition) is 1. The van der Waals surface area contributed by atoms with Crippen molar-refractivity contribution in [3.05, 3.63) is 58.9 Å². The molecule has 0 bridgehead atoms. The maximum atomic E-state index is 14.1. The van der Waals surface area contributed by atoms with Gasteiger partial charge in [0.2, 0.25) is 0 Å². The number of aromatic nitrogens is 1. The van der Waals surface area contributed by atoms with Gasteiger partial charge in [0.05, 0.1) is 18.3 Å². The van der Waals surface area contributed by atoms with E-state index in [2.05, 4.69) is 4.98 Å². The van der Waals surface area contributed by atoms with Crippen molar-refractivity contribution in [3.63, 3.8) is 0 Å². The van der Waals surface area contributed by atoms with E-state index in [4.69, 9.17) is 10.5 Å². The number of nitrogens with zero attached hydrogens (tertiary/aromatic N) is 1. The van der Waals surface area contributed by atoms with Crippen molar-refractivity contribution >= 4 is 0 Å². The summed E-state index contributed by atoms with van der Waals surface area (Å²) >= 11 is 0. The van der Waals surface area contributed by atoms with E-state index < -0.39 is 17.7 Å². The molecule has 2 rings (SSSR count). The summed E-state index contributed by atoms with van der Waals surface area (Å²) in [5.41, 5.74) is 6.70. The lowest BCUT2D eigenvalue weighted by atomic mass is 9.98. The number of ether oxygens (including phenoxy) is 1. The van der Waals surface area contributed by atoms with Gasteiger partial charge in [-0.15, -0.1) is 0 Å².